The SMILES string of the molecule is COC1COC(OC2C(C)OC(OC)C(O)C2OC)C(O)C1O.COC1COC(OC2C(C)OC(OC)C(O)C2OC)C(O)C1O.O=C=O.O=C=O. The summed E-state index contributed by atoms with van der Waals surface area (Å²) in [4.78, 5) is 32.5. The van der Waals surface area contributed by atoms with Crippen LogP contribution in [0.3, 0.4) is 0 Å². The minimum absolute atomic E-state index is 0.0717. The van der Waals surface area contributed by atoms with Crippen LogP contribution in [0.2, 0.25) is 0 Å². The molecule has 4 aliphatic rings. The summed E-state index contributed by atoms with van der Waals surface area (Å²) in [5.41, 5.74) is 0. The number of aliphatic hydroxyl groups excluding tert-OH is 6. The smallest absolute Gasteiger partial charge is 0.373 e. The third-order valence-electron chi connectivity index (χ3n) is 8.57. The molecule has 6 N–H and O–H groups in total. The van der Waals surface area contributed by atoms with Crippen molar-refractivity contribution >= 4 is 12.3 Å². The first-order chi connectivity index (χ1) is 24.7. The van der Waals surface area contributed by atoms with E-state index in [1.54, 1.807) is 13.8 Å². The lowest BCUT2D eigenvalue weighted by Crippen LogP contribution is -2.62. The molecule has 0 aliphatic carbocycles. The summed E-state index contributed by atoms with van der Waals surface area (Å²) < 4.78 is 64.2. The fourth-order valence-electron chi connectivity index (χ4n) is 5.78. The van der Waals surface area contributed by atoms with Gasteiger partial charge in [0, 0.05) is 42.7 Å². The number of hydrogen-bond acceptors (Lipinski definition) is 22. The standard InChI is InChI=1S/2C14H26O9.2CO2/c2*1-6-11(12(19-3)10(17)13(20-4)22-6)23-14-9(16)8(15)7(18-2)5-21-14;2*2-1-3/h2*6-17H,5H2,1-4H3;;. The van der Waals surface area contributed by atoms with Crippen molar-refractivity contribution in [1.29, 1.82) is 0 Å². The highest BCUT2D eigenvalue weighted by atomic mass is 16.8. The van der Waals surface area contributed by atoms with E-state index in [1.165, 1.54) is 42.7 Å². The lowest BCUT2D eigenvalue weighted by molar-refractivity contribution is -0.343. The van der Waals surface area contributed by atoms with Crippen LogP contribution in [0.4, 0.5) is 0 Å². The molecule has 0 bridgehead atoms. The molecule has 22 nitrogen and oxygen atoms in total. The van der Waals surface area contributed by atoms with Gasteiger partial charge >= 0.3 is 12.3 Å². The Morgan fingerprint density at radius 3 is 1.00 bits per heavy atom. The highest BCUT2D eigenvalue weighted by molar-refractivity contribution is 5.20. The molecule has 4 fully saturated rings. The van der Waals surface area contributed by atoms with Gasteiger partial charge in [0.05, 0.1) is 25.4 Å². The normalized spacial score (nSPS) is 43.1. The number of carbonyl (C=O) groups excluding carboxylic acids is 4. The molecular formula is C30H52O22. The van der Waals surface area contributed by atoms with Crippen molar-refractivity contribution in [2.45, 2.75) is 124 Å². The quantitative estimate of drug-likeness (QED) is 0.122. The van der Waals surface area contributed by atoms with E-state index in [0.717, 1.165) is 0 Å². The van der Waals surface area contributed by atoms with Crippen molar-refractivity contribution in [3.8, 4) is 0 Å². The Hall–Kier alpha value is -1.96. The van der Waals surface area contributed by atoms with Gasteiger partial charge in [0.15, 0.2) is 25.2 Å². The third kappa shape index (κ3) is 12.5. The predicted octanol–water partition coefficient (Wildman–Crippen LogP) is -4.70. The summed E-state index contributed by atoms with van der Waals surface area (Å²) in [6.07, 6.45) is -15.5. The number of aliphatic hydroxyl groups is 6. The van der Waals surface area contributed by atoms with Crippen LogP contribution >= 0.6 is 0 Å². The zero-order chi connectivity index (χ0) is 39.7. The molecule has 304 valence electrons. The summed E-state index contributed by atoms with van der Waals surface area (Å²) in [6.45, 7) is 3.61. The second kappa shape index (κ2) is 24.4. The number of ether oxygens (including phenoxy) is 12. The van der Waals surface area contributed by atoms with Crippen molar-refractivity contribution in [2.24, 2.45) is 0 Å². The van der Waals surface area contributed by atoms with E-state index in [4.69, 9.17) is 76.0 Å². The van der Waals surface area contributed by atoms with Crippen LogP contribution in [-0.4, -0.2) is 209 Å². The lowest BCUT2D eigenvalue weighted by atomic mass is 9.98. The summed E-state index contributed by atoms with van der Waals surface area (Å²) >= 11 is 0. The molecule has 0 aromatic heterocycles. The zero-order valence-electron chi connectivity index (χ0n) is 30.0. The minimum Gasteiger partial charge on any atom is -0.387 e. The molecule has 52 heavy (non-hydrogen) atoms. The monoisotopic (exact) mass is 764 g/mol. The number of rotatable bonds is 10. The average molecular weight is 765 g/mol. The van der Waals surface area contributed by atoms with Crippen molar-refractivity contribution in [2.75, 3.05) is 55.9 Å². The predicted molar refractivity (Wildman–Crippen MR) is 161 cm³/mol. The first kappa shape index (κ1) is 48.1. The van der Waals surface area contributed by atoms with E-state index >= 15 is 0 Å². The van der Waals surface area contributed by atoms with Crippen LogP contribution in [0.1, 0.15) is 13.8 Å². The van der Waals surface area contributed by atoms with Gasteiger partial charge in [0.2, 0.25) is 0 Å². The van der Waals surface area contributed by atoms with Crippen molar-refractivity contribution < 1.29 is 107 Å². The summed E-state index contributed by atoms with van der Waals surface area (Å²) in [7, 11) is 8.55. The molecule has 18 unspecified atom stereocenters. The van der Waals surface area contributed by atoms with Gasteiger partial charge in [-0.2, -0.15) is 19.2 Å². The maximum absolute atomic E-state index is 10.2. The summed E-state index contributed by atoms with van der Waals surface area (Å²) in [6, 6.07) is 0. The van der Waals surface area contributed by atoms with Crippen LogP contribution in [0.25, 0.3) is 0 Å². The second-order valence-corrected chi connectivity index (χ2v) is 11.6. The topological polar surface area (TPSA) is 300 Å². The summed E-state index contributed by atoms with van der Waals surface area (Å²) in [5.74, 6) is 0. The van der Waals surface area contributed by atoms with Gasteiger partial charge in [0.1, 0.15) is 73.2 Å². The van der Waals surface area contributed by atoms with E-state index < -0.39 is 111 Å². The van der Waals surface area contributed by atoms with Gasteiger partial charge in [-0.05, 0) is 13.8 Å². The molecule has 22 heteroatoms. The van der Waals surface area contributed by atoms with Crippen LogP contribution in [0.15, 0.2) is 0 Å². The molecule has 0 aromatic rings. The van der Waals surface area contributed by atoms with E-state index in [9.17, 15) is 30.6 Å². The minimum atomic E-state index is -1.30. The average Bonchev–Trinajstić information content (AvgIpc) is 3.12. The van der Waals surface area contributed by atoms with Gasteiger partial charge < -0.3 is 87.5 Å². The van der Waals surface area contributed by atoms with Crippen LogP contribution in [-0.2, 0) is 76.0 Å². The van der Waals surface area contributed by atoms with Gasteiger partial charge in [-0.1, -0.05) is 0 Å². The highest BCUT2D eigenvalue weighted by Crippen LogP contribution is 2.31. The molecule has 4 heterocycles. The molecule has 18 atom stereocenters. The zero-order valence-corrected chi connectivity index (χ0v) is 30.0. The molecule has 0 radical (unpaired) electrons. The second-order valence-electron chi connectivity index (χ2n) is 11.6. The molecular weight excluding hydrogens is 712 g/mol. The molecule has 0 spiro atoms. The fourth-order valence-corrected chi connectivity index (χ4v) is 5.78. The molecule has 0 aromatic carbocycles. The van der Waals surface area contributed by atoms with Crippen molar-refractivity contribution in [3.63, 3.8) is 0 Å². The number of hydrogen-bond donors (Lipinski definition) is 6. The van der Waals surface area contributed by atoms with Crippen molar-refractivity contribution in [3.05, 3.63) is 0 Å². The molecule has 4 saturated heterocycles. The van der Waals surface area contributed by atoms with Gasteiger partial charge in [-0.15, -0.1) is 0 Å². The molecule has 0 saturated carbocycles. The Morgan fingerprint density at radius 1 is 0.442 bits per heavy atom. The Balaban J connectivity index is 0.000000452. The first-order valence-electron chi connectivity index (χ1n) is 15.8. The van der Waals surface area contributed by atoms with Gasteiger partial charge in [-0.3, -0.25) is 0 Å². The van der Waals surface area contributed by atoms with E-state index in [1.807, 2.05) is 0 Å². The van der Waals surface area contributed by atoms with Gasteiger partial charge in [-0.25, -0.2) is 0 Å². The Labute approximate surface area is 299 Å². The highest BCUT2D eigenvalue weighted by Gasteiger charge is 2.50. The lowest BCUT2D eigenvalue weighted by Gasteiger charge is -2.45. The Kier molecular flexibility index (Phi) is 22.6. The van der Waals surface area contributed by atoms with Crippen molar-refractivity contribution in [1.82, 2.24) is 0 Å². The largest absolute Gasteiger partial charge is 0.387 e. The molecule has 4 rings (SSSR count). The Bertz CT molecular complexity index is 963. The van der Waals surface area contributed by atoms with E-state index in [-0.39, 0.29) is 25.5 Å². The molecule has 0 amide bonds. The Morgan fingerprint density at radius 2 is 0.750 bits per heavy atom. The summed E-state index contributed by atoms with van der Waals surface area (Å²) in [5, 5.41) is 60.7. The van der Waals surface area contributed by atoms with Crippen LogP contribution in [0.5, 0.6) is 0 Å². The first-order valence-corrected chi connectivity index (χ1v) is 15.8. The van der Waals surface area contributed by atoms with Crippen LogP contribution < -0.4 is 0 Å². The maximum atomic E-state index is 10.2. The van der Waals surface area contributed by atoms with Gasteiger partial charge in [0.25, 0.3) is 0 Å². The molecule has 4 aliphatic heterocycles. The number of methoxy groups -OCH3 is 6. The maximum Gasteiger partial charge on any atom is 0.373 e. The third-order valence-corrected chi connectivity index (χ3v) is 8.57. The fraction of sp³-hybridized carbons (Fsp3) is 0.933. The van der Waals surface area contributed by atoms with Crippen LogP contribution in [0, 0.1) is 0 Å². The van der Waals surface area contributed by atoms with E-state index in [0.29, 0.717) is 0 Å². The van der Waals surface area contributed by atoms with E-state index in [2.05, 4.69) is 0 Å².